The van der Waals surface area contributed by atoms with Crippen LogP contribution in [-0.2, 0) is 4.79 Å². The molecule has 1 aromatic carbocycles. The molecule has 0 radical (unpaired) electrons. The molecule has 3 N–H and O–H groups in total. The second kappa shape index (κ2) is 7.50. The van der Waals surface area contributed by atoms with Gasteiger partial charge in [0.25, 0.3) is 5.91 Å². The van der Waals surface area contributed by atoms with Gasteiger partial charge in [-0.3, -0.25) is 15.6 Å². The molecule has 110 valence electrons. The van der Waals surface area contributed by atoms with E-state index in [2.05, 4.69) is 16.2 Å². The van der Waals surface area contributed by atoms with Crippen molar-refractivity contribution in [2.24, 2.45) is 0 Å². The second-order valence-corrected chi connectivity index (χ2v) is 7.21. The minimum atomic E-state index is -0.206. The highest BCUT2D eigenvalue weighted by Gasteiger charge is 2.15. The molecule has 0 saturated carbocycles. The number of rotatable bonds is 3. The molecule has 1 rings (SSSR count). The highest BCUT2D eigenvalue weighted by atomic mass is 32.2. The predicted octanol–water partition coefficient (Wildman–Crippen LogP) is 2.46. The first-order chi connectivity index (χ1) is 9.28. The minimum absolute atomic E-state index is 0.114. The number of nitrogens with one attached hydrogen (secondary N) is 3. The van der Waals surface area contributed by atoms with Crippen LogP contribution in [-0.4, -0.2) is 21.8 Å². The van der Waals surface area contributed by atoms with Crippen LogP contribution in [0, 0.1) is 0 Å². The normalized spacial score (nSPS) is 12.4. The molecule has 6 heteroatoms. The van der Waals surface area contributed by atoms with Gasteiger partial charge in [0.1, 0.15) is 0 Å². The second-order valence-electron chi connectivity index (χ2n) is 5.39. The molecule has 0 heterocycles. The number of carbonyl (C=O) groups excluding carboxylic acids is 1. The quantitative estimate of drug-likeness (QED) is 0.455. The molecule has 1 amide bonds. The van der Waals surface area contributed by atoms with Gasteiger partial charge in [0.2, 0.25) is 0 Å². The number of hydrazine groups is 1. The van der Waals surface area contributed by atoms with Crippen molar-refractivity contribution in [3.63, 3.8) is 0 Å². The Balaban J connectivity index is 2.37. The smallest absolute Gasteiger partial charge is 0.251 e. The molecular formula is C14H21N3OS2. The number of hydrogen-bond donors (Lipinski definition) is 3. The number of amides is 1. The third-order valence-electron chi connectivity index (χ3n) is 2.21. The van der Waals surface area contributed by atoms with E-state index in [0.29, 0.717) is 5.11 Å². The summed E-state index contributed by atoms with van der Waals surface area (Å²) in [7, 11) is 0. The maximum absolute atomic E-state index is 11.9. The van der Waals surface area contributed by atoms with Gasteiger partial charge in [-0.05, 0) is 52.0 Å². The summed E-state index contributed by atoms with van der Waals surface area (Å²) in [5.41, 5.74) is 5.18. The van der Waals surface area contributed by atoms with Gasteiger partial charge < -0.3 is 5.32 Å². The summed E-state index contributed by atoms with van der Waals surface area (Å²) in [6.07, 6.45) is 0. The van der Waals surface area contributed by atoms with Crippen LogP contribution in [0.25, 0.3) is 0 Å². The Hall–Kier alpha value is -1.27. The largest absolute Gasteiger partial charge is 0.357 e. The summed E-state index contributed by atoms with van der Waals surface area (Å²) >= 11 is 6.59. The van der Waals surface area contributed by atoms with Crippen molar-refractivity contribution in [2.45, 2.75) is 43.4 Å². The van der Waals surface area contributed by atoms with E-state index in [4.69, 9.17) is 12.2 Å². The Bertz CT molecular complexity index is 457. The Morgan fingerprint density at radius 2 is 1.80 bits per heavy atom. The van der Waals surface area contributed by atoms with Crippen molar-refractivity contribution in [3.05, 3.63) is 30.3 Å². The van der Waals surface area contributed by atoms with Gasteiger partial charge in [0, 0.05) is 10.4 Å². The highest BCUT2D eigenvalue weighted by Crippen LogP contribution is 2.22. The lowest BCUT2D eigenvalue weighted by Gasteiger charge is -2.23. The number of carbonyl (C=O) groups is 1. The molecular weight excluding hydrogens is 290 g/mol. The van der Waals surface area contributed by atoms with E-state index in [1.54, 1.807) is 0 Å². The summed E-state index contributed by atoms with van der Waals surface area (Å²) in [6.45, 7) is 7.85. The summed E-state index contributed by atoms with van der Waals surface area (Å²) in [6, 6.07) is 9.81. The molecule has 20 heavy (non-hydrogen) atoms. The Kier molecular flexibility index (Phi) is 6.29. The number of hydrogen-bond acceptors (Lipinski definition) is 3. The summed E-state index contributed by atoms with van der Waals surface area (Å²) in [5.74, 6) is -0.114. The van der Waals surface area contributed by atoms with E-state index >= 15 is 0 Å². The summed E-state index contributed by atoms with van der Waals surface area (Å²) in [4.78, 5) is 13.0. The lowest BCUT2D eigenvalue weighted by molar-refractivity contribution is -0.120. The summed E-state index contributed by atoms with van der Waals surface area (Å²) < 4.78 is 0. The van der Waals surface area contributed by atoms with E-state index in [0.717, 1.165) is 4.90 Å². The molecule has 0 spiro atoms. The van der Waals surface area contributed by atoms with Gasteiger partial charge in [0.15, 0.2) is 5.11 Å². The zero-order valence-corrected chi connectivity index (χ0v) is 13.8. The molecule has 0 saturated heterocycles. The van der Waals surface area contributed by atoms with E-state index in [1.165, 1.54) is 11.8 Å². The average Bonchev–Trinajstić information content (AvgIpc) is 2.35. The molecule has 0 aliphatic heterocycles. The van der Waals surface area contributed by atoms with E-state index in [-0.39, 0.29) is 16.7 Å². The SMILES string of the molecule is C[C@@H](Sc1ccccc1)C(=O)NNC(=S)NC(C)(C)C. The molecule has 0 aliphatic carbocycles. The van der Waals surface area contributed by atoms with Crippen LogP contribution >= 0.6 is 24.0 Å². The number of thiocarbonyl (C=S) groups is 1. The Morgan fingerprint density at radius 3 is 2.35 bits per heavy atom. The molecule has 1 atom stereocenters. The van der Waals surface area contributed by atoms with E-state index in [9.17, 15) is 4.79 Å². The lowest BCUT2D eigenvalue weighted by atomic mass is 10.1. The van der Waals surface area contributed by atoms with Crippen LogP contribution < -0.4 is 16.2 Å². The zero-order chi connectivity index (χ0) is 15.2. The third-order valence-corrected chi connectivity index (χ3v) is 3.53. The van der Waals surface area contributed by atoms with Crippen molar-refractivity contribution in [2.75, 3.05) is 0 Å². The summed E-state index contributed by atoms with van der Waals surface area (Å²) in [5, 5.41) is 3.26. The van der Waals surface area contributed by atoms with Crippen molar-refractivity contribution in [1.29, 1.82) is 0 Å². The van der Waals surface area contributed by atoms with Crippen LogP contribution in [0.2, 0.25) is 0 Å². The topological polar surface area (TPSA) is 53.2 Å². The van der Waals surface area contributed by atoms with Gasteiger partial charge in [0.05, 0.1) is 5.25 Å². The molecule has 1 aromatic rings. The van der Waals surface area contributed by atoms with E-state index < -0.39 is 0 Å². The first-order valence-corrected chi connectivity index (χ1v) is 7.66. The molecule has 0 aliphatic rings. The van der Waals surface area contributed by atoms with Gasteiger partial charge in [-0.15, -0.1) is 11.8 Å². The maximum Gasteiger partial charge on any atom is 0.251 e. The molecule has 0 bridgehead atoms. The molecule has 0 unspecified atom stereocenters. The number of benzene rings is 1. The van der Waals surface area contributed by atoms with E-state index in [1.807, 2.05) is 58.0 Å². The van der Waals surface area contributed by atoms with Gasteiger partial charge in [-0.25, -0.2) is 0 Å². The van der Waals surface area contributed by atoms with Gasteiger partial charge in [-0.2, -0.15) is 0 Å². The fourth-order valence-electron chi connectivity index (χ4n) is 1.35. The fourth-order valence-corrected chi connectivity index (χ4v) is 2.59. The minimum Gasteiger partial charge on any atom is -0.357 e. The first-order valence-electron chi connectivity index (χ1n) is 6.37. The van der Waals surface area contributed by atoms with Crippen LogP contribution in [0.15, 0.2) is 35.2 Å². The highest BCUT2D eigenvalue weighted by molar-refractivity contribution is 8.00. The first kappa shape index (κ1) is 16.8. The molecule has 0 aromatic heterocycles. The van der Waals surface area contributed by atoms with Gasteiger partial charge >= 0.3 is 0 Å². The predicted molar refractivity (Wildman–Crippen MR) is 88.5 cm³/mol. The monoisotopic (exact) mass is 311 g/mol. The van der Waals surface area contributed by atoms with Crippen molar-refractivity contribution < 1.29 is 4.79 Å². The molecule has 0 fully saturated rings. The van der Waals surface area contributed by atoms with Crippen LogP contribution in [0.5, 0.6) is 0 Å². The standard InChI is InChI=1S/C14H21N3OS2/c1-10(20-11-8-6-5-7-9-11)12(18)16-17-13(19)15-14(2,3)4/h5-10H,1-4H3,(H,16,18)(H2,15,17,19)/t10-/m1/s1. The lowest BCUT2D eigenvalue weighted by Crippen LogP contribution is -2.53. The van der Waals surface area contributed by atoms with Crippen molar-refractivity contribution in [3.8, 4) is 0 Å². The van der Waals surface area contributed by atoms with Gasteiger partial charge in [-0.1, -0.05) is 18.2 Å². The van der Waals surface area contributed by atoms with Crippen molar-refractivity contribution >= 4 is 35.0 Å². The Labute approximate surface area is 130 Å². The third kappa shape index (κ3) is 6.77. The maximum atomic E-state index is 11.9. The fraction of sp³-hybridized carbons (Fsp3) is 0.429. The average molecular weight is 311 g/mol. The van der Waals surface area contributed by atoms with Crippen LogP contribution in [0.3, 0.4) is 0 Å². The van der Waals surface area contributed by atoms with Crippen LogP contribution in [0.4, 0.5) is 0 Å². The van der Waals surface area contributed by atoms with Crippen LogP contribution in [0.1, 0.15) is 27.7 Å². The Morgan fingerprint density at radius 1 is 1.20 bits per heavy atom. The molecule has 4 nitrogen and oxygen atoms in total. The number of thioether (sulfide) groups is 1. The zero-order valence-electron chi connectivity index (χ0n) is 12.2. The van der Waals surface area contributed by atoms with Crippen molar-refractivity contribution in [1.82, 2.24) is 16.2 Å².